The van der Waals surface area contributed by atoms with Crippen LogP contribution < -0.4 is 5.32 Å². The maximum absolute atomic E-state index is 11.1. The number of nitrogens with one attached hydrogen (secondary N) is 1. The van der Waals surface area contributed by atoms with Gasteiger partial charge in [-0.1, -0.05) is 6.58 Å². The number of rotatable bonds is 10. The predicted octanol–water partition coefficient (Wildman–Crippen LogP) is 0.678. The van der Waals surface area contributed by atoms with Gasteiger partial charge in [-0.05, 0) is 6.92 Å². The third-order valence-electron chi connectivity index (χ3n) is 2.40. The van der Waals surface area contributed by atoms with E-state index in [1.807, 2.05) is 0 Å². The smallest absolute Gasteiger partial charge is 0.333 e. The molecule has 6 nitrogen and oxygen atoms in total. The maximum Gasteiger partial charge on any atom is 0.333 e. The lowest BCUT2D eigenvalue weighted by Gasteiger charge is -2.28. The lowest BCUT2D eigenvalue weighted by molar-refractivity contribution is -0.354. The highest BCUT2D eigenvalue weighted by atomic mass is 16.9. The maximum atomic E-state index is 11.1. The van der Waals surface area contributed by atoms with Crippen LogP contribution in [0.3, 0.4) is 0 Å². The van der Waals surface area contributed by atoms with Gasteiger partial charge < -0.3 is 24.3 Å². The molecular formula is C12H23NO5. The first-order chi connectivity index (χ1) is 8.51. The van der Waals surface area contributed by atoms with E-state index in [4.69, 9.17) is 18.9 Å². The largest absolute Gasteiger partial charge is 0.461 e. The van der Waals surface area contributed by atoms with Gasteiger partial charge in [-0.25, -0.2) is 4.79 Å². The lowest BCUT2D eigenvalue weighted by atomic mass is 10.3. The normalized spacial score (nSPS) is 11.3. The van der Waals surface area contributed by atoms with Crippen molar-refractivity contribution >= 4 is 5.97 Å². The van der Waals surface area contributed by atoms with Gasteiger partial charge in [-0.2, -0.15) is 0 Å². The summed E-state index contributed by atoms with van der Waals surface area (Å²) in [7, 11) is 4.55. The summed E-state index contributed by atoms with van der Waals surface area (Å²) < 4.78 is 20.3. The Morgan fingerprint density at radius 1 is 1.17 bits per heavy atom. The Morgan fingerprint density at radius 2 is 1.72 bits per heavy atom. The Kier molecular flexibility index (Phi) is 8.57. The third kappa shape index (κ3) is 6.11. The van der Waals surface area contributed by atoms with Gasteiger partial charge in [-0.15, -0.1) is 0 Å². The summed E-state index contributed by atoms with van der Waals surface area (Å²) in [6.45, 7) is 6.56. The number of carbonyl (C=O) groups excluding carboxylic acids is 1. The molecule has 106 valence electrons. The van der Waals surface area contributed by atoms with E-state index in [9.17, 15) is 4.79 Å². The SMILES string of the molecule is C=C(C)C(=O)OCCNCCC(OC)(OC)OC. The number of hydrogen-bond donors (Lipinski definition) is 1. The molecule has 0 aromatic rings. The molecule has 0 aliphatic heterocycles. The molecule has 0 fully saturated rings. The zero-order valence-electron chi connectivity index (χ0n) is 11.6. The predicted molar refractivity (Wildman–Crippen MR) is 67.0 cm³/mol. The van der Waals surface area contributed by atoms with Crippen molar-refractivity contribution in [3.8, 4) is 0 Å². The van der Waals surface area contributed by atoms with Crippen LogP contribution in [0.2, 0.25) is 0 Å². The van der Waals surface area contributed by atoms with Crippen molar-refractivity contribution in [2.75, 3.05) is 41.0 Å². The number of methoxy groups -OCH3 is 3. The third-order valence-corrected chi connectivity index (χ3v) is 2.40. The van der Waals surface area contributed by atoms with Crippen LogP contribution in [-0.4, -0.2) is 53.0 Å². The fourth-order valence-electron chi connectivity index (χ4n) is 1.26. The van der Waals surface area contributed by atoms with Gasteiger partial charge in [0.2, 0.25) is 0 Å². The molecule has 0 unspecified atom stereocenters. The summed E-state index contributed by atoms with van der Waals surface area (Å²) in [5.41, 5.74) is 0.396. The van der Waals surface area contributed by atoms with E-state index in [1.165, 1.54) is 21.3 Å². The monoisotopic (exact) mass is 261 g/mol. The summed E-state index contributed by atoms with van der Waals surface area (Å²) in [6.07, 6.45) is 0.519. The second kappa shape index (κ2) is 9.04. The second-order valence-corrected chi connectivity index (χ2v) is 3.71. The summed E-state index contributed by atoms with van der Waals surface area (Å²) in [5, 5.41) is 3.09. The van der Waals surface area contributed by atoms with Gasteiger partial charge in [0.05, 0.1) is 0 Å². The van der Waals surface area contributed by atoms with Crippen molar-refractivity contribution in [2.24, 2.45) is 0 Å². The zero-order chi connectivity index (χ0) is 14.0. The summed E-state index contributed by atoms with van der Waals surface area (Å²) in [4.78, 5) is 11.1. The highest BCUT2D eigenvalue weighted by Gasteiger charge is 2.28. The number of carbonyl (C=O) groups is 1. The van der Waals surface area contributed by atoms with E-state index in [1.54, 1.807) is 6.92 Å². The van der Waals surface area contributed by atoms with Crippen molar-refractivity contribution in [1.29, 1.82) is 0 Å². The Labute approximate surface area is 108 Å². The van der Waals surface area contributed by atoms with E-state index < -0.39 is 5.97 Å². The highest BCUT2D eigenvalue weighted by Crippen LogP contribution is 2.15. The van der Waals surface area contributed by atoms with Gasteiger partial charge in [0, 0.05) is 46.4 Å². The summed E-state index contributed by atoms with van der Waals surface area (Å²) >= 11 is 0. The molecule has 0 radical (unpaired) electrons. The molecule has 0 aliphatic carbocycles. The first kappa shape index (κ1) is 17.1. The standard InChI is InChI=1S/C12H23NO5/c1-10(2)11(14)18-9-8-13-7-6-12(15-3,16-4)17-5/h13H,1,6-9H2,2-5H3. The van der Waals surface area contributed by atoms with Crippen molar-refractivity contribution in [1.82, 2.24) is 5.32 Å². The van der Waals surface area contributed by atoms with Crippen molar-refractivity contribution in [2.45, 2.75) is 19.3 Å². The molecule has 1 N–H and O–H groups in total. The van der Waals surface area contributed by atoms with Gasteiger partial charge in [-0.3, -0.25) is 0 Å². The lowest BCUT2D eigenvalue weighted by Crippen LogP contribution is -2.39. The Bertz CT molecular complexity index is 255. The topological polar surface area (TPSA) is 66.0 Å². The minimum absolute atomic E-state index is 0.297. The molecule has 0 heterocycles. The first-order valence-electron chi connectivity index (χ1n) is 5.70. The molecule has 0 aliphatic rings. The number of ether oxygens (including phenoxy) is 4. The summed E-state index contributed by atoms with van der Waals surface area (Å²) in [5.74, 6) is -1.40. The van der Waals surface area contributed by atoms with E-state index in [2.05, 4.69) is 11.9 Å². The van der Waals surface area contributed by atoms with E-state index >= 15 is 0 Å². The van der Waals surface area contributed by atoms with E-state index in [-0.39, 0.29) is 5.97 Å². The average Bonchev–Trinajstić information content (AvgIpc) is 2.38. The zero-order valence-corrected chi connectivity index (χ0v) is 11.6. The van der Waals surface area contributed by atoms with Crippen LogP contribution in [0, 0.1) is 0 Å². The van der Waals surface area contributed by atoms with E-state index in [0.717, 1.165) is 0 Å². The van der Waals surface area contributed by atoms with Gasteiger partial charge in [0.25, 0.3) is 5.97 Å². The van der Waals surface area contributed by atoms with Crippen LogP contribution in [0.15, 0.2) is 12.2 Å². The molecule has 0 aromatic carbocycles. The van der Waals surface area contributed by atoms with Gasteiger partial charge in [0.1, 0.15) is 6.61 Å². The molecular weight excluding hydrogens is 238 g/mol. The number of hydrogen-bond acceptors (Lipinski definition) is 6. The Hall–Kier alpha value is -0.950. The van der Waals surface area contributed by atoms with Crippen LogP contribution >= 0.6 is 0 Å². The van der Waals surface area contributed by atoms with Crippen LogP contribution in [0.25, 0.3) is 0 Å². The minimum atomic E-state index is -1.03. The van der Waals surface area contributed by atoms with Crippen molar-refractivity contribution in [3.05, 3.63) is 12.2 Å². The van der Waals surface area contributed by atoms with Gasteiger partial charge >= 0.3 is 5.97 Å². The molecule has 0 spiro atoms. The first-order valence-corrected chi connectivity index (χ1v) is 5.70. The highest BCUT2D eigenvalue weighted by molar-refractivity contribution is 5.86. The molecule has 0 saturated carbocycles. The molecule has 0 aromatic heterocycles. The van der Waals surface area contributed by atoms with Crippen molar-refractivity contribution < 1.29 is 23.7 Å². The Morgan fingerprint density at radius 3 is 2.17 bits per heavy atom. The molecule has 0 atom stereocenters. The van der Waals surface area contributed by atoms with Gasteiger partial charge in [0.15, 0.2) is 0 Å². The van der Waals surface area contributed by atoms with E-state index in [0.29, 0.717) is 31.7 Å². The Balaban J connectivity index is 3.67. The van der Waals surface area contributed by atoms with Crippen LogP contribution in [0.4, 0.5) is 0 Å². The molecule has 0 rings (SSSR count). The number of esters is 1. The van der Waals surface area contributed by atoms with Crippen LogP contribution in [-0.2, 0) is 23.7 Å². The molecule has 18 heavy (non-hydrogen) atoms. The second-order valence-electron chi connectivity index (χ2n) is 3.71. The molecule has 0 bridgehead atoms. The average molecular weight is 261 g/mol. The van der Waals surface area contributed by atoms with Crippen LogP contribution in [0.5, 0.6) is 0 Å². The molecule has 0 amide bonds. The summed E-state index contributed by atoms with van der Waals surface area (Å²) in [6, 6.07) is 0. The molecule has 0 saturated heterocycles. The fraction of sp³-hybridized carbons (Fsp3) is 0.750. The quantitative estimate of drug-likeness (QED) is 0.270. The minimum Gasteiger partial charge on any atom is -0.461 e. The molecule has 6 heteroatoms. The van der Waals surface area contributed by atoms with Crippen molar-refractivity contribution in [3.63, 3.8) is 0 Å². The fourth-order valence-corrected chi connectivity index (χ4v) is 1.26. The van der Waals surface area contributed by atoms with Crippen LogP contribution in [0.1, 0.15) is 13.3 Å².